The van der Waals surface area contributed by atoms with E-state index in [1.807, 2.05) is 33.3 Å². The molecule has 0 spiro atoms. The number of hydrogen-bond donors (Lipinski definition) is 10. The number of benzene rings is 6. The summed E-state index contributed by atoms with van der Waals surface area (Å²) in [5, 5.41) is 101. The number of aromatic hydroxyl groups is 6. The van der Waals surface area contributed by atoms with Crippen molar-refractivity contribution in [3.8, 4) is 80.5 Å². The molecule has 2 saturated heterocycles. The number of aliphatic carboxylic acids is 1. The number of thioether (sulfide) groups is 1. The Balaban J connectivity index is 0.000000228. The van der Waals surface area contributed by atoms with Gasteiger partial charge in [0.1, 0.15) is 52.2 Å². The number of phenolic OH excluding ortho intramolecular Hbond substituents is 6. The number of phenols is 6. The van der Waals surface area contributed by atoms with Gasteiger partial charge in [0.2, 0.25) is 11.6 Å². The molecule has 6 aliphatic rings. The topological polar surface area (TPSA) is 354 Å². The Morgan fingerprint density at radius 3 is 1.45 bits per heavy atom. The van der Waals surface area contributed by atoms with Gasteiger partial charge >= 0.3 is 62.4 Å². The number of esters is 1. The molecule has 12 rings (SSSR count). The molecule has 540 valence electrons. The van der Waals surface area contributed by atoms with Gasteiger partial charge in [-0.2, -0.15) is 11.8 Å². The molecular weight excluding hydrogens is 2030 g/mol. The number of ether oxygens (including phenoxy) is 9. The average Bonchev–Trinajstić information content (AvgIpc) is 0.938. The van der Waals surface area contributed by atoms with Crippen LogP contribution >= 0.6 is 132 Å². The number of carboxylic acids is 1. The molecule has 2 fully saturated rings. The van der Waals surface area contributed by atoms with Gasteiger partial charge in [-0.3, -0.25) is 19.2 Å². The second kappa shape index (κ2) is 40.4. The standard InChI is InChI=1S/C34H36O11S.C25H22O10.C8H14O2S2.I3.I2.HI/c1-41-25-13-18(8-10-22(25)36)33-28(17-42-29(38)7-3-2-5-21-6-4-12-46-21)43-24-11-9-19(14-26(24)44-33)34-32(40)31(39)30-23(37)15-20(35)16-27(30)45-34;1-32-17-6-11(2-4-14(17)28)24-20(10-26)33-16-5-3-12(7-18(16)34-24)25-23(31)22(30)21-15(29)8-13(27)9-19(21)35-25;9-8(10)4-2-1-3-7-5-6-11-12-7;1-3-2;1-2;/h8-11,13-16,21,28,32-37,40H,2-7,12,17H2,1H3;2-9,20,23-29,31H,10H2,1H3;7H,1-6H2,(H,9,10);;;1H/q;;;-1;;/t21?,28?,32-,33?,34+;20?,23-,24?,25+;;;;/m00..../s1. The van der Waals surface area contributed by atoms with Gasteiger partial charge in [-0.05, 0) is 110 Å². The van der Waals surface area contributed by atoms with E-state index in [1.54, 1.807) is 60.7 Å². The minimum absolute atomic E-state index is 0. The third-order valence-corrected chi connectivity index (χ3v) is 20.8. The molecule has 6 unspecified atom stereocenters. The van der Waals surface area contributed by atoms with Crippen LogP contribution in [0.25, 0.3) is 0 Å². The maximum Gasteiger partial charge on any atom is 0.303 e. The van der Waals surface area contributed by atoms with Crippen molar-refractivity contribution in [2.24, 2.45) is 0 Å². The third-order valence-electron chi connectivity index (χ3n) is 16.3. The van der Waals surface area contributed by atoms with Crippen LogP contribution in [-0.2, 0) is 14.3 Å². The molecular formula is C67H73I6O23S3-. The molecule has 0 aromatic heterocycles. The largest absolute Gasteiger partial charge is 0.481 e. The number of carbonyl (C=O) groups excluding carboxylic acids is 3. The second-order valence-corrected chi connectivity index (χ2v) is 43.2. The third kappa shape index (κ3) is 21.9. The van der Waals surface area contributed by atoms with Gasteiger partial charge in [-0.25, -0.2) is 0 Å². The Kier molecular flexibility index (Phi) is 33.6. The number of fused-ring (bicyclic) bond motifs is 4. The molecule has 6 aromatic carbocycles. The van der Waals surface area contributed by atoms with Crippen LogP contribution < -0.4 is 51.2 Å². The van der Waals surface area contributed by atoms with E-state index in [-0.39, 0.29) is 112 Å². The van der Waals surface area contributed by atoms with Crippen LogP contribution in [0.1, 0.15) is 138 Å². The summed E-state index contributed by atoms with van der Waals surface area (Å²) in [4.78, 5) is 48.5. The normalized spacial score (nSPS) is 21.9. The molecule has 0 bridgehead atoms. The van der Waals surface area contributed by atoms with Crippen LogP contribution in [0, 0.1) is 0 Å². The summed E-state index contributed by atoms with van der Waals surface area (Å²) in [5.41, 5.74) is 1.50. The molecule has 0 aliphatic carbocycles. The number of carboxylic acid groups (broad SMARTS) is 1. The number of methoxy groups -OCH3 is 2. The van der Waals surface area contributed by atoms with Gasteiger partial charge in [0.25, 0.3) is 0 Å². The predicted molar refractivity (Wildman–Crippen MR) is 413 cm³/mol. The molecule has 0 radical (unpaired) electrons. The van der Waals surface area contributed by atoms with Crippen LogP contribution in [0.3, 0.4) is 0 Å². The van der Waals surface area contributed by atoms with Gasteiger partial charge < -0.3 is 93.7 Å². The van der Waals surface area contributed by atoms with E-state index >= 15 is 0 Å². The summed E-state index contributed by atoms with van der Waals surface area (Å²) >= 11 is 11.5. The Bertz CT molecular complexity index is 3720. The average molecular weight is 2100 g/mol. The van der Waals surface area contributed by atoms with Crippen LogP contribution in [-0.4, -0.2) is 148 Å². The number of ketones is 2. The number of rotatable bonds is 19. The summed E-state index contributed by atoms with van der Waals surface area (Å²) in [6.45, 7) is -0.438. The van der Waals surface area contributed by atoms with Crippen LogP contribution in [0.5, 0.6) is 80.5 Å². The van der Waals surface area contributed by atoms with Gasteiger partial charge in [0.05, 0.1) is 20.8 Å². The molecule has 6 aromatic rings. The van der Waals surface area contributed by atoms with E-state index < -0.39 is 77.9 Å². The van der Waals surface area contributed by atoms with E-state index in [1.165, 1.54) is 75.7 Å². The molecule has 0 amide bonds. The van der Waals surface area contributed by atoms with Gasteiger partial charge in [-0.1, -0.05) is 58.7 Å². The summed E-state index contributed by atoms with van der Waals surface area (Å²) in [6, 6.07) is 23.2. The smallest absolute Gasteiger partial charge is 0.303 e. The number of Topliss-reactive ketones (excluding diaryl/α,β-unsaturated/α-hetero) is 2. The van der Waals surface area contributed by atoms with Crippen LogP contribution in [0.15, 0.2) is 97.1 Å². The van der Waals surface area contributed by atoms with Gasteiger partial charge in [-0.15, -0.1) is 24.0 Å². The monoisotopic (exact) mass is 2100 g/mol. The van der Waals surface area contributed by atoms with Crippen molar-refractivity contribution in [1.29, 1.82) is 0 Å². The van der Waals surface area contributed by atoms with Crippen molar-refractivity contribution in [3.63, 3.8) is 0 Å². The fourth-order valence-corrected chi connectivity index (χ4v) is 15.9. The zero-order valence-electron chi connectivity index (χ0n) is 52.9. The van der Waals surface area contributed by atoms with Crippen LogP contribution in [0.4, 0.5) is 0 Å². The summed E-state index contributed by atoms with van der Waals surface area (Å²) in [5.74, 6) is -0.170. The summed E-state index contributed by atoms with van der Waals surface area (Å²) in [6.07, 6.45) is 1.78. The van der Waals surface area contributed by atoms with E-state index in [0.717, 1.165) is 49.5 Å². The van der Waals surface area contributed by atoms with E-state index in [4.69, 9.17) is 47.7 Å². The van der Waals surface area contributed by atoms with E-state index in [9.17, 15) is 65.1 Å². The first kappa shape index (κ1) is 82.4. The molecule has 32 heteroatoms. The number of aliphatic hydroxyl groups is 3. The van der Waals surface area contributed by atoms with E-state index in [0.29, 0.717) is 65.1 Å². The maximum absolute atomic E-state index is 13.0. The Morgan fingerprint density at radius 1 is 0.545 bits per heavy atom. The SMILES string of the molecule is COc1cc(C2Oc3cc([C@H]4Oc5cc(O)cc(O)c5C(=O)[C@@H]4O)ccc3OC2CO)ccc1O.COc1cc(C2Oc3cc([C@H]4Oc5cc(O)cc(O)c5C(=O)[C@@H]4O)ccc3OC2COC(=O)CCCCC2CCCS2)ccc1O.I.II.I[I-]I.O=C(O)CCCCC1CCSS1. The van der Waals surface area contributed by atoms with Crippen LogP contribution in [0.2, 0.25) is 0 Å². The first-order chi connectivity index (χ1) is 47.2. The second-order valence-electron chi connectivity index (χ2n) is 22.8. The number of unbranched alkanes of at least 4 members (excludes halogenated alkanes) is 2. The maximum atomic E-state index is 13.0. The number of carbonyl (C=O) groups is 4. The number of hydrogen-bond acceptors (Lipinski definition) is 25. The molecule has 6 aliphatic heterocycles. The fourth-order valence-electron chi connectivity index (χ4n) is 11.5. The minimum Gasteiger partial charge on any atom is -0.481 e. The van der Waals surface area contributed by atoms with Crippen molar-refractivity contribution in [1.82, 2.24) is 0 Å². The van der Waals surface area contributed by atoms with Crippen molar-refractivity contribution in [3.05, 3.63) is 130 Å². The van der Waals surface area contributed by atoms with E-state index in [2.05, 4.69) is 74.5 Å². The summed E-state index contributed by atoms with van der Waals surface area (Å²) < 4.78 is 52.5. The summed E-state index contributed by atoms with van der Waals surface area (Å²) in [7, 11) is 6.76. The Labute approximate surface area is 653 Å². The molecule has 99 heavy (non-hydrogen) atoms. The quantitative estimate of drug-likeness (QED) is 0.0156. The van der Waals surface area contributed by atoms with Crippen molar-refractivity contribution in [2.45, 2.75) is 130 Å². The number of halogens is 6. The fraction of sp³-hybridized carbons (Fsp3) is 0.403. The first-order valence-corrected chi connectivity index (χ1v) is 53.0. The van der Waals surface area contributed by atoms with Gasteiger partial charge in [0, 0.05) is 102 Å². The Morgan fingerprint density at radius 2 is 1.00 bits per heavy atom. The molecule has 6 heterocycles. The minimum atomic E-state index is -1.65. The van der Waals surface area contributed by atoms with Crippen molar-refractivity contribution >= 4 is 155 Å². The number of aliphatic hydroxyl groups excluding tert-OH is 3. The first-order valence-electron chi connectivity index (χ1n) is 30.7. The molecule has 0 saturated carbocycles. The predicted octanol–water partition coefficient (Wildman–Crippen LogP) is 11.7. The Hall–Kier alpha value is -3.89. The molecule has 10 N–H and O–H groups in total. The van der Waals surface area contributed by atoms with Crippen molar-refractivity contribution < 1.29 is 126 Å². The zero-order chi connectivity index (χ0) is 70.7. The zero-order valence-corrected chi connectivity index (χ0v) is 68.5. The van der Waals surface area contributed by atoms with Gasteiger partial charge in [0.15, 0.2) is 94.8 Å². The van der Waals surface area contributed by atoms with Crippen molar-refractivity contribution in [2.75, 3.05) is 38.9 Å². The molecule has 10 atom stereocenters. The molecule has 23 nitrogen and oxygen atoms in total.